The van der Waals surface area contributed by atoms with Gasteiger partial charge in [0, 0.05) is 11.6 Å². The number of hydrogen-bond donors (Lipinski definition) is 1. The molecule has 122 valence electrons. The Kier molecular flexibility index (Phi) is 4.20. The van der Waals surface area contributed by atoms with Gasteiger partial charge in [0.25, 0.3) is 5.91 Å². The van der Waals surface area contributed by atoms with E-state index in [0.717, 1.165) is 0 Å². The Morgan fingerprint density at radius 2 is 1.71 bits per heavy atom. The summed E-state index contributed by atoms with van der Waals surface area (Å²) in [4.78, 5) is 23.7. The topological polar surface area (TPSA) is 77.8 Å². The Hall–Kier alpha value is -3.28. The van der Waals surface area contributed by atoms with Crippen molar-refractivity contribution < 1.29 is 24.2 Å². The average molecular weight is 325 g/mol. The Morgan fingerprint density at radius 1 is 1.04 bits per heavy atom. The van der Waals surface area contributed by atoms with Crippen LogP contribution in [0.3, 0.4) is 0 Å². The van der Waals surface area contributed by atoms with Crippen molar-refractivity contribution in [3.63, 3.8) is 0 Å². The Morgan fingerprint density at radius 3 is 2.38 bits per heavy atom. The largest absolute Gasteiger partial charge is 0.497 e. The number of fused-ring (bicyclic) bond motifs is 1. The van der Waals surface area contributed by atoms with E-state index in [1.165, 1.54) is 10.8 Å². The molecule has 0 fully saturated rings. The van der Waals surface area contributed by atoms with Gasteiger partial charge in [-0.2, -0.15) is 0 Å². The molecule has 0 atom stereocenters. The molecule has 0 aliphatic carbocycles. The number of carboxylic acid groups (broad SMARTS) is 1. The highest BCUT2D eigenvalue weighted by molar-refractivity contribution is 6.06. The molecule has 2 aromatic carbocycles. The molecule has 0 amide bonds. The number of rotatable bonds is 5. The van der Waals surface area contributed by atoms with Crippen LogP contribution in [0, 0.1) is 0 Å². The number of benzene rings is 2. The zero-order chi connectivity index (χ0) is 17.1. The van der Waals surface area contributed by atoms with Crippen LogP contribution in [0.1, 0.15) is 15.2 Å². The summed E-state index contributed by atoms with van der Waals surface area (Å²) in [5.41, 5.74) is 0.627. The second kappa shape index (κ2) is 6.45. The zero-order valence-electron chi connectivity index (χ0n) is 12.9. The zero-order valence-corrected chi connectivity index (χ0v) is 12.9. The van der Waals surface area contributed by atoms with E-state index in [2.05, 4.69) is 0 Å². The van der Waals surface area contributed by atoms with Gasteiger partial charge in [0.15, 0.2) is 6.61 Å². The fourth-order valence-corrected chi connectivity index (χ4v) is 2.44. The third kappa shape index (κ3) is 2.94. The lowest BCUT2D eigenvalue weighted by atomic mass is 10.2. The van der Waals surface area contributed by atoms with E-state index in [9.17, 15) is 14.7 Å². The van der Waals surface area contributed by atoms with Crippen molar-refractivity contribution in [1.29, 1.82) is 0 Å². The number of carboxylic acids is 1. The van der Waals surface area contributed by atoms with E-state index in [1.807, 2.05) is 0 Å². The quantitative estimate of drug-likeness (QED) is 0.780. The summed E-state index contributed by atoms with van der Waals surface area (Å²) in [5.74, 6) is -0.210. The molecule has 1 aromatic heterocycles. The number of carbonyl (C=O) groups excluding carboxylic acids is 1. The lowest BCUT2D eigenvalue weighted by Gasteiger charge is -2.07. The van der Waals surface area contributed by atoms with Crippen LogP contribution in [-0.4, -0.2) is 35.3 Å². The molecular formula is C18H15NO5. The van der Waals surface area contributed by atoms with Gasteiger partial charge in [-0.3, -0.25) is 9.36 Å². The first-order valence-electron chi connectivity index (χ1n) is 7.23. The number of hydrogen-bond acceptors (Lipinski definition) is 4. The maximum atomic E-state index is 12.4. The van der Waals surface area contributed by atoms with Crippen molar-refractivity contribution in [3.8, 4) is 11.5 Å². The van der Waals surface area contributed by atoms with E-state index < -0.39 is 5.97 Å². The standard InChI is InChI=1S/C18H15NO5/c1-23-12-6-8-13(9-7-12)24-11-17(20)19-10-15(18(21)22)14-4-2-3-5-16(14)19/h2-10H,11H2,1H3,(H,21,22). The van der Waals surface area contributed by atoms with Crippen LogP contribution in [0.5, 0.6) is 11.5 Å². The summed E-state index contributed by atoms with van der Waals surface area (Å²) in [7, 11) is 1.57. The van der Waals surface area contributed by atoms with Gasteiger partial charge in [-0.05, 0) is 30.3 Å². The third-order valence-corrected chi connectivity index (χ3v) is 3.63. The van der Waals surface area contributed by atoms with Crippen molar-refractivity contribution in [1.82, 2.24) is 4.57 Å². The predicted octanol–water partition coefficient (Wildman–Crippen LogP) is 3.07. The smallest absolute Gasteiger partial charge is 0.337 e. The first-order chi connectivity index (χ1) is 11.6. The van der Waals surface area contributed by atoms with Crippen LogP contribution in [0.2, 0.25) is 0 Å². The van der Waals surface area contributed by atoms with Crippen LogP contribution < -0.4 is 9.47 Å². The molecule has 0 aliphatic rings. The van der Waals surface area contributed by atoms with Crippen molar-refractivity contribution in [2.45, 2.75) is 0 Å². The molecule has 0 bridgehead atoms. The predicted molar refractivity (Wildman–Crippen MR) is 88.0 cm³/mol. The number of aromatic nitrogens is 1. The van der Waals surface area contributed by atoms with Crippen LogP contribution in [0.25, 0.3) is 10.9 Å². The second-order valence-electron chi connectivity index (χ2n) is 5.09. The average Bonchev–Trinajstić information content (AvgIpc) is 3.00. The van der Waals surface area contributed by atoms with Crippen LogP contribution in [0.15, 0.2) is 54.7 Å². The van der Waals surface area contributed by atoms with E-state index >= 15 is 0 Å². The van der Waals surface area contributed by atoms with E-state index in [1.54, 1.807) is 55.6 Å². The van der Waals surface area contributed by atoms with Crippen LogP contribution >= 0.6 is 0 Å². The van der Waals surface area contributed by atoms with Crippen LogP contribution in [0.4, 0.5) is 0 Å². The second-order valence-corrected chi connectivity index (χ2v) is 5.09. The maximum Gasteiger partial charge on any atom is 0.337 e. The first kappa shape index (κ1) is 15.6. The molecule has 0 saturated heterocycles. The molecule has 0 aliphatic heterocycles. The maximum absolute atomic E-state index is 12.4. The number of nitrogens with zero attached hydrogens (tertiary/aromatic N) is 1. The van der Waals surface area contributed by atoms with Gasteiger partial charge < -0.3 is 14.6 Å². The van der Waals surface area contributed by atoms with Gasteiger partial charge in [0.05, 0.1) is 18.2 Å². The minimum absolute atomic E-state index is 0.0865. The highest BCUT2D eigenvalue weighted by Gasteiger charge is 2.17. The molecule has 0 spiro atoms. The van der Waals surface area contributed by atoms with Gasteiger partial charge >= 0.3 is 5.97 Å². The summed E-state index contributed by atoms with van der Waals surface area (Å²) >= 11 is 0. The molecule has 0 unspecified atom stereocenters. The Balaban J connectivity index is 1.82. The summed E-state index contributed by atoms with van der Waals surface area (Å²) in [5, 5.41) is 9.78. The van der Waals surface area contributed by atoms with Crippen molar-refractivity contribution >= 4 is 22.8 Å². The molecule has 3 aromatic rings. The lowest BCUT2D eigenvalue weighted by molar-refractivity contribution is 0.0699. The molecule has 3 rings (SSSR count). The first-order valence-corrected chi connectivity index (χ1v) is 7.23. The highest BCUT2D eigenvalue weighted by atomic mass is 16.5. The molecule has 6 heteroatoms. The lowest BCUT2D eigenvalue weighted by Crippen LogP contribution is -2.18. The summed E-state index contributed by atoms with van der Waals surface area (Å²) < 4.78 is 11.8. The minimum Gasteiger partial charge on any atom is -0.497 e. The Labute approximate surface area is 137 Å². The van der Waals surface area contributed by atoms with Crippen molar-refractivity contribution in [2.24, 2.45) is 0 Å². The summed E-state index contributed by atoms with van der Waals surface area (Å²) in [6.07, 6.45) is 1.33. The number of methoxy groups -OCH3 is 1. The third-order valence-electron chi connectivity index (χ3n) is 3.63. The van der Waals surface area contributed by atoms with Gasteiger partial charge in [-0.25, -0.2) is 4.79 Å². The SMILES string of the molecule is COc1ccc(OCC(=O)n2cc(C(=O)O)c3ccccc32)cc1. The van der Waals surface area contributed by atoms with E-state index in [0.29, 0.717) is 22.4 Å². The molecule has 24 heavy (non-hydrogen) atoms. The van der Waals surface area contributed by atoms with Gasteiger partial charge in [0.2, 0.25) is 0 Å². The Bertz CT molecular complexity index is 895. The monoisotopic (exact) mass is 325 g/mol. The number of para-hydroxylation sites is 1. The fourth-order valence-electron chi connectivity index (χ4n) is 2.44. The van der Waals surface area contributed by atoms with Gasteiger partial charge in [-0.1, -0.05) is 18.2 Å². The fraction of sp³-hybridized carbons (Fsp3) is 0.111. The van der Waals surface area contributed by atoms with Crippen molar-refractivity contribution in [2.75, 3.05) is 13.7 Å². The number of aromatic carboxylic acids is 1. The van der Waals surface area contributed by atoms with E-state index in [4.69, 9.17) is 9.47 Å². The van der Waals surface area contributed by atoms with Crippen molar-refractivity contribution in [3.05, 3.63) is 60.3 Å². The normalized spacial score (nSPS) is 10.5. The summed E-state index contributed by atoms with van der Waals surface area (Å²) in [6, 6.07) is 13.7. The molecule has 1 heterocycles. The summed E-state index contributed by atoms with van der Waals surface area (Å²) in [6.45, 7) is -0.204. The molecule has 0 radical (unpaired) electrons. The number of carbonyl (C=O) groups is 2. The van der Waals surface area contributed by atoms with Gasteiger partial charge in [0.1, 0.15) is 11.5 Å². The molecule has 0 saturated carbocycles. The van der Waals surface area contributed by atoms with E-state index in [-0.39, 0.29) is 18.1 Å². The molecular weight excluding hydrogens is 310 g/mol. The molecule has 6 nitrogen and oxygen atoms in total. The van der Waals surface area contributed by atoms with Gasteiger partial charge in [-0.15, -0.1) is 0 Å². The molecule has 1 N–H and O–H groups in total. The highest BCUT2D eigenvalue weighted by Crippen LogP contribution is 2.22. The minimum atomic E-state index is -1.08. The number of ether oxygens (including phenoxy) is 2. The van der Waals surface area contributed by atoms with Crippen LogP contribution in [-0.2, 0) is 0 Å².